The average Bonchev–Trinajstić information content (AvgIpc) is 2.79. The Morgan fingerprint density at radius 2 is 1.75 bits per heavy atom. The van der Waals surface area contributed by atoms with Gasteiger partial charge in [-0.1, -0.05) is 56.3 Å². The van der Waals surface area contributed by atoms with Crippen molar-refractivity contribution in [2.24, 2.45) is 5.92 Å². The van der Waals surface area contributed by atoms with Gasteiger partial charge in [-0.3, -0.25) is 4.79 Å². The van der Waals surface area contributed by atoms with Gasteiger partial charge < -0.3 is 9.30 Å². The normalized spacial score (nSPS) is 11.3. The van der Waals surface area contributed by atoms with Crippen LogP contribution in [0.5, 0.6) is 5.75 Å². The fourth-order valence-corrected chi connectivity index (χ4v) is 4.25. The summed E-state index contributed by atoms with van der Waals surface area (Å²) in [5.41, 5.74) is 3.08. The first-order chi connectivity index (χ1) is 15.5. The van der Waals surface area contributed by atoms with Crippen LogP contribution in [0, 0.1) is 11.7 Å². The molecule has 0 N–H and O–H groups in total. The first kappa shape index (κ1) is 22.1. The van der Waals surface area contributed by atoms with Crippen LogP contribution in [0.2, 0.25) is 0 Å². The molecule has 4 rings (SSSR count). The lowest BCUT2D eigenvalue weighted by atomic mass is 9.96. The van der Waals surface area contributed by atoms with E-state index >= 15 is 0 Å². The monoisotopic (exact) mass is 449 g/mol. The third kappa shape index (κ3) is 4.56. The molecule has 0 bridgehead atoms. The summed E-state index contributed by atoms with van der Waals surface area (Å²) in [6.45, 7) is 5.05. The van der Waals surface area contributed by atoms with E-state index < -0.39 is 0 Å². The Bertz CT molecular complexity index is 1300. The van der Waals surface area contributed by atoms with Crippen molar-refractivity contribution in [3.63, 3.8) is 0 Å². The van der Waals surface area contributed by atoms with E-state index in [-0.39, 0.29) is 23.2 Å². The minimum Gasteiger partial charge on any atom is -0.489 e. The quantitative estimate of drug-likeness (QED) is 0.291. The molecule has 32 heavy (non-hydrogen) atoms. The molecule has 0 unspecified atom stereocenters. The second-order valence-corrected chi connectivity index (χ2v) is 8.52. The Hall–Kier alpha value is -3.11. The summed E-state index contributed by atoms with van der Waals surface area (Å²) in [6, 6.07) is 21.7. The molecule has 0 aliphatic carbocycles. The van der Waals surface area contributed by atoms with E-state index in [2.05, 4.69) is 13.8 Å². The zero-order valence-corrected chi connectivity index (χ0v) is 18.9. The summed E-state index contributed by atoms with van der Waals surface area (Å²) in [5, 5.41) is 1.27. The summed E-state index contributed by atoms with van der Waals surface area (Å²) in [5.74, 6) is 0.689. The lowest BCUT2D eigenvalue weighted by molar-refractivity contribution is 0.306. The number of alkyl halides is 1. The largest absolute Gasteiger partial charge is 0.489 e. The summed E-state index contributed by atoms with van der Waals surface area (Å²) >= 11 is 6.38. The predicted molar refractivity (Wildman–Crippen MR) is 129 cm³/mol. The molecule has 0 atom stereocenters. The average molecular weight is 450 g/mol. The highest BCUT2D eigenvalue weighted by molar-refractivity contribution is 6.18. The molecule has 1 aromatic heterocycles. The molecule has 0 fully saturated rings. The number of hydrogen-bond acceptors (Lipinski definition) is 2. The van der Waals surface area contributed by atoms with Gasteiger partial charge in [-0.2, -0.15) is 0 Å². The molecule has 0 saturated carbocycles. The highest BCUT2D eigenvalue weighted by Gasteiger charge is 2.19. The van der Waals surface area contributed by atoms with Crippen LogP contribution in [-0.4, -0.2) is 4.57 Å². The smallest absolute Gasteiger partial charge is 0.258 e. The van der Waals surface area contributed by atoms with Crippen LogP contribution in [0.25, 0.3) is 21.9 Å². The minimum atomic E-state index is -0.339. The standard InChI is InChI=1S/C27H25ClFNO2/c1-18(2)16-30-25(15-28)26(20-9-6-10-21(29)13-20)24-14-22(11-12-23(24)27(30)31)32-17-19-7-4-3-5-8-19/h3-14,18H,15-17H2,1-2H3. The molecule has 3 aromatic carbocycles. The highest BCUT2D eigenvalue weighted by Crippen LogP contribution is 2.34. The second kappa shape index (κ2) is 9.58. The van der Waals surface area contributed by atoms with Crippen LogP contribution in [0.3, 0.4) is 0 Å². The summed E-state index contributed by atoms with van der Waals surface area (Å²) < 4.78 is 21.9. The van der Waals surface area contributed by atoms with E-state index in [9.17, 15) is 9.18 Å². The number of ether oxygens (including phenoxy) is 1. The fraction of sp³-hybridized carbons (Fsp3) is 0.222. The van der Waals surface area contributed by atoms with Crippen LogP contribution in [-0.2, 0) is 19.0 Å². The van der Waals surface area contributed by atoms with E-state index in [4.69, 9.17) is 16.3 Å². The molecule has 3 nitrogen and oxygen atoms in total. The maximum Gasteiger partial charge on any atom is 0.258 e. The summed E-state index contributed by atoms with van der Waals surface area (Å²) in [6.07, 6.45) is 0. The van der Waals surface area contributed by atoms with Crippen molar-refractivity contribution < 1.29 is 9.13 Å². The number of pyridine rings is 1. The van der Waals surface area contributed by atoms with Crippen LogP contribution < -0.4 is 10.3 Å². The van der Waals surface area contributed by atoms with Gasteiger partial charge in [0.1, 0.15) is 18.2 Å². The van der Waals surface area contributed by atoms with Crippen molar-refractivity contribution in [1.29, 1.82) is 0 Å². The molecular formula is C27H25ClFNO2. The molecular weight excluding hydrogens is 425 g/mol. The van der Waals surface area contributed by atoms with Gasteiger partial charge in [0.2, 0.25) is 0 Å². The van der Waals surface area contributed by atoms with Gasteiger partial charge in [0, 0.05) is 28.6 Å². The third-order valence-electron chi connectivity index (χ3n) is 5.39. The molecule has 0 amide bonds. The molecule has 164 valence electrons. The van der Waals surface area contributed by atoms with Gasteiger partial charge in [-0.15, -0.1) is 11.6 Å². The van der Waals surface area contributed by atoms with Crippen LogP contribution in [0.4, 0.5) is 4.39 Å². The van der Waals surface area contributed by atoms with Crippen molar-refractivity contribution in [3.8, 4) is 16.9 Å². The van der Waals surface area contributed by atoms with Crippen molar-refractivity contribution in [1.82, 2.24) is 4.57 Å². The first-order valence-electron chi connectivity index (χ1n) is 10.7. The van der Waals surface area contributed by atoms with E-state index in [1.165, 1.54) is 12.1 Å². The number of nitrogens with zero attached hydrogens (tertiary/aromatic N) is 1. The number of benzene rings is 3. The zero-order chi connectivity index (χ0) is 22.7. The van der Waals surface area contributed by atoms with E-state index in [0.717, 1.165) is 11.1 Å². The molecule has 0 saturated heterocycles. The topological polar surface area (TPSA) is 31.2 Å². The lowest BCUT2D eigenvalue weighted by Gasteiger charge is -2.20. The lowest BCUT2D eigenvalue weighted by Crippen LogP contribution is -2.26. The van der Waals surface area contributed by atoms with E-state index in [1.807, 2.05) is 48.5 Å². The number of hydrogen-bond donors (Lipinski definition) is 0. The molecule has 5 heteroatoms. The Kier molecular flexibility index (Phi) is 6.61. The highest BCUT2D eigenvalue weighted by atomic mass is 35.5. The Morgan fingerprint density at radius 1 is 0.969 bits per heavy atom. The minimum absolute atomic E-state index is 0.0980. The number of halogens is 2. The third-order valence-corrected chi connectivity index (χ3v) is 5.64. The van der Waals surface area contributed by atoms with Gasteiger partial charge in [0.25, 0.3) is 5.56 Å². The van der Waals surface area contributed by atoms with Gasteiger partial charge in [0.05, 0.1) is 5.88 Å². The van der Waals surface area contributed by atoms with Crippen LogP contribution >= 0.6 is 11.6 Å². The molecule has 0 spiro atoms. The molecule has 1 heterocycles. The van der Waals surface area contributed by atoms with Crippen molar-refractivity contribution in [2.75, 3.05) is 0 Å². The zero-order valence-electron chi connectivity index (χ0n) is 18.1. The molecule has 0 radical (unpaired) electrons. The van der Waals surface area contributed by atoms with Gasteiger partial charge in [0.15, 0.2) is 0 Å². The molecule has 0 aliphatic heterocycles. The Balaban J connectivity index is 1.92. The molecule has 0 aliphatic rings. The van der Waals surface area contributed by atoms with E-state index in [0.29, 0.717) is 40.9 Å². The van der Waals surface area contributed by atoms with Crippen LogP contribution in [0.1, 0.15) is 25.1 Å². The van der Waals surface area contributed by atoms with Gasteiger partial charge in [-0.25, -0.2) is 4.39 Å². The summed E-state index contributed by atoms with van der Waals surface area (Å²) in [4.78, 5) is 13.4. The maximum atomic E-state index is 14.1. The van der Waals surface area contributed by atoms with Crippen LogP contribution in [0.15, 0.2) is 77.6 Å². The summed E-state index contributed by atoms with van der Waals surface area (Å²) in [7, 11) is 0. The predicted octanol–water partition coefficient (Wildman–Crippen LogP) is 6.78. The molecule has 4 aromatic rings. The maximum absolute atomic E-state index is 14.1. The number of aromatic nitrogens is 1. The van der Waals surface area contributed by atoms with Crippen molar-refractivity contribution in [3.05, 3.63) is 100 Å². The first-order valence-corrected chi connectivity index (χ1v) is 11.2. The SMILES string of the molecule is CC(C)Cn1c(CCl)c(-c2cccc(F)c2)c2cc(OCc3ccccc3)ccc2c1=O. The number of rotatable bonds is 7. The Morgan fingerprint density at radius 3 is 2.44 bits per heavy atom. The van der Waals surface area contributed by atoms with Gasteiger partial charge >= 0.3 is 0 Å². The van der Waals surface area contributed by atoms with Crippen molar-refractivity contribution in [2.45, 2.75) is 32.9 Å². The second-order valence-electron chi connectivity index (χ2n) is 8.26. The fourth-order valence-electron chi connectivity index (χ4n) is 3.97. The van der Waals surface area contributed by atoms with Gasteiger partial charge in [-0.05, 0) is 47.4 Å². The van der Waals surface area contributed by atoms with Crippen molar-refractivity contribution >= 4 is 22.4 Å². The Labute approximate surface area is 192 Å². The van der Waals surface area contributed by atoms with E-state index in [1.54, 1.807) is 16.7 Å². The number of fused-ring (bicyclic) bond motifs is 1.